The lowest BCUT2D eigenvalue weighted by Gasteiger charge is -2.06. The average Bonchev–Trinajstić information content (AvgIpc) is 3.01. The summed E-state index contributed by atoms with van der Waals surface area (Å²) in [5, 5.41) is 18.3. The van der Waals surface area contributed by atoms with Crippen molar-refractivity contribution in [2.24, 2.45) is 0 Å². The lowest BCUT2D eigenvalue weighted by atomic mass is 10.0. The summed E-state index contributed by atoms with van der Waals surface area (Å²) in [5.74, 6) is 0.996. The molecule has 2 aromatic carbocycles. The van der Waals surface area contributed by atoms with Gasteiger partial charge in [-0.2, -0.15) is 5.10 Å². The van der Waals surface area contributed by atoms with Crippen LogP contribution in [0.15, 0.2) is 41.2 Å². The summed E-state index contributed by atoms with van der Waals surface area (Å²) in [6.45, 7) is 0.0864. The van der Waals surface area contributed by atoms with Crippen LogP contribution in [0.5, 0.6) is 11.5 Å². The second-order valence-electron chi connectivity index (χ2n) is 4.96. The molecule has 114 valence electrons. The number of nitrogens with zero attached hydrogens (tertiary/aromatic N) is 2. The number of rotatable bonds is 2. The first-order valence-electron chi connectivity index (χ1n) is 6.70. The van der Waals surface area contributed by atoms with Gasteiger partial charge in [-0.3, -0.25) is 14.9 Å². The first kappa shape index (κ1) is 13.3. The van der Waals surface area contributed by atoms with Gasteiger partial charge in [-0.15, -0.1) is 0 Å². The highest BCUT2D eigenvalue weighted by atomic mass is 16.7. The molecule has 0 aliphatic carbocycles. The fourth-order valence-electron chi connectivity index (χ4n) is 2.54. The van der Waals surface area contributed by atoms with Gasteiger partial charge in [-0.05, 0) is 12.1 Å². The second-order valence-corrected chi connectivity index (χ2v) is 4.96. The van der Waals surface area contributed by atoms with Crippen LogP contribution in [0.25, 0.3) is 22.0 Å². The molecule has 0 fully saturated rings. The minimum Gasteiger partial charge on any atom is -0.454 e. The molecule has 0 saturated carbocycles. The molecular formula is C15H9N3O5. The largest absolute Gasteiger partial charge is 0.454 e. The summed E-state index contributed by atoms with van der Waals surface area (Å²) < 4.78 is 10.6. The number of nitrogens with one attached hydrogen (secondary N) is 1. The Morgan fingerprint density at radius 1 is 1.13 bits per heavy atom. The van der Waals surface area contributed by atoms with Crippen molar-refractivity contribution in [2.75, 3.05) is 6.79 Å². The molecule has 8 heteroatoms. The summed E-state index contributed by atoms with van der Waals surface area (Å²) in [6.07, 6.45) is 0. The lowest BCUT2D eigenvalue weighted by molar-refractivity contribution is -0.384. The molecule has 1 aliphatic rings. The Hall–Kier alpha value is -3.42. The predicted molar refractivity (Wildman–Crippen MR) is 80.6 cm³/mol. The summed E-state index contributed by atoms with van der Waals surface area (Å²) in [6, 6.07) is 9.31. The molecule has 4 rings (SSSR count). The Labute approximate surface area is 128 Å². The van der Waals surface area contributed by atoms with E-state index >= 15 is 0 Å². The molecule has 2 heterocycles. The summed E-state index contributed by atoms with van der Waals surface area (Å²) in [4.78, 5) is 22.5. The number of nitro benzene ring substituents is 1. The van der Waals surface area contributed by atoms with Crippen LogP contribution in [0.3, 0.4) is 0 Å². The third kappa shape index (κ3) is 2.08. The maximum absolute atomic E-state index is 12.0. The number of hydrogen-bond acceptors (Lipinski definition) is 6. The van der Waals surface area contributed by atoms with Crippen molar-refractivity contribution in [1.29, 1.82) is 0 Å². The van der Waals surface area contributed by atoms with Crippen molar-refractivity contribution in [3.63, 3.8) is 0 Å². The van der Waals surface area contributed by atoms with Crippen molar-refractivity contribution in [3.05, 3.63) is 56.9 Å². The van der Waals surface area contributed by atoms with Crippen LogP contribution in [-0.2, 0) is 0 Å². The summed E-state index contributed by atoms with van der Waals surface area (Å²) in [5.41, 5.74) is 0.540. The van der Waals surface area contributed by atoms with Crippen molar-refractivity contribution in [2.45, 2.75) is 0 Å². The molecule has 1 N–H and O–H groups in total. The zero-order valence-corrected chi connectivity index (χ0v) is 11.6. The minimum absolute atomic E-state index is 0.0515. The van der Waals surface area contributed by atoms with Crippen LogP contribution in [0.4, 0.5) is 5.69 Å². The van der Waals surface area contributed by atoms with Crippen LogP contribution >= 0.6 is 0 Å². The van der Waals surface area contributed by atoms with E-state index < -0.39 is 4.92 Å². The fraction of sp³-hybridized carbons (Fsp3) is 0.0667. The summed E-state index contributed by atoms with van der Waals surface area (Å²) >= 11 is 0. The van der Waals surface area contributed by atoms with Gasteiger partial charge in [-0.25, -0.2) is 5.10 Å². The topological polar surface area (TPSA) is 107 Å². The molecule has 3 aromatic rings. The molecule has 0 atom stereocenters. The Morgan fingerprint density at radius 3 is 2.61 bits per heavy atom. The molecule has 0 spiro atoms. The SMILES string of the molecule is O=c1[nH]nc(-c2cccc([N+](=O)[O-])c2)c2cc3c(cc12)OCO3. The van der Waals surface area contributed by atoms with Gasteiger partial charge in [0.1, 0.15) is 0 Å². The van der Waals surface area contributed by atoms with Crippen molar-refractivity contribution < 1.29 is 14.4 Å². The number of H-pyrrole nitrogens is 1. The number of aromatic amines is 1. The van der Waals surface area contributed by atoms with E-state index in [1.807, 2.05) is 0 Å². The number of nitro groups is 1. The third-order valence-electron chi connectivity index (χ3n) is 3.61. The van der Waals surface area contributed by atoms with Crippen LogP contribution < -0.4 is 15.0 Å². The van der Waals surface area contributed by atoms with E-state index in [9.17, 15) is 14.9 Å². The number of benzene rings is 2. The molecule has 1 aromatic heterocycles. The molecule has 0 amide bonds. The molecule has 1 aliphatic heterocycles. The molecule has 0 saturated heterocycles. The normalized spacial score (nSPS) is 12.5. The molecule has 8 nitrogen and oxygen atoms in total. The van der Waals surface area contributed by atoms with Gasteiger partial charge in [-0.1, -0.05) is 12.1 Å². The Morgan fingerprint density at radius 2 is 1.87 bits per heavy atom. The van der Waals surface area contributed by atoms with Crippen molar-refractivity contribution >= 4 is 16.5 Å². The maximum Gasteiger partial charge on any atom is 0.272 e. The van der Waals surface area contributed by atoms with E-state index in [0.29, 0.717) is 33.5 Å². The second kappa shape index (κ2) is 4.80. The van der Waals surface area contributed by atoms with Crippen LogP contribution in [0, 0.1) is 10.1 Å². The number of ether oxygens (including phenoxy) is 2. The molecule has 23 heavy (non-hydrogen) atoms. The molecular weight excluding hydrogens is 302 g/mol. The van der Waals surface area contributed by atoms with Gasteiger partial charge in [0.25, 0.3) is 11.2 Å². The molecule has 0 radical (unpaired) electrons. The minimum atomic E-state index is -0.480. The van der Waals surface area contributed by atoms with Gasteiger partial charge in [0, 0.05) is 23.1 Å². The van der Waals surface area contributed by atoms with Crippen LogP contribution in [0.2, 0.25) is 0 Å². The smallest absolute Gasteiger partial charge is 0.272 e. The van der Waals surface area contributed by atoms with E-state index in [1.54, 1.807) is 24.3 Å². The number of fused-ring (bicyclic) bond motifs is 2. The Bertz CT molecular complexity index is 1010. The highest BCUT2D eigenvalue weighted by Gasteiger charge is 2.19. The van der Waals surface area contributed by atoms with E-state index in [-0.39, 0.29) is 18.0 Å². The molecule has 0 unspecified atom stereocenters. The average molecular weight is 311 g/mol. The summed E-state index contributed by atoms with van der Waals surface area (Å²) in [7, 11) is 0. The standard InChI is InChI=1S/C15H9N3O5/c19-15-11-6-13-12(22-7-23-13)5-10(11)14(16-17-15)8-2-1-3-9(4-8)18(20)21/h1-6H,7H2,(H,17,19). The first-order chi connectivity index (χ1) is 11.1. The van der Waals surface area contributed by atoms with E-state index in [4.69, 9.17) is 9.47 Å². The Balaban J connectivity index is 2.01. The third-order valence-corrected chi connectivity index (χ3v) is 3.61. The fourth-order valence-corrected chi connectivity index (χ4v) is 2.54. The van der Waals surface area contributed by atoms with Crippen LogP contribution in [0.1, 0.15) is 0 Å². The maximum atomic E-state index is 12.0. The van der Waals surface area contributed by atoms with Crippen LogP contribution in [-0.4, -0.2) is 21.9 Å². The monoisotopic (exact) mass is 311 g/mol. The van der Waals surface area contributed by atoms with Crippen molar-refractivity contribution in [1.82, 2.24) is 10.2 Å². The van der Waals surface area contributed by atoms with E-state index in [2.05, 4.69) is 10.2 Å². The van der Waals surface area contributed by atoms with E-state index in [0.717, 1.165) is 0 Å². The first-order valence-corrected chi connectivity index (χ1v) is 6.70. The number of hydrogen-bond donors (Lipinski definition) is 1. The van der Waals surface area contributed by atoms with Gasteiger partial charge in [0.15, 0.2) is 11.5 Å². The zero-order valence-electron chi connectivity index (χ0n) is 11.6. The number of non-ortho nitro benzene ring substituents is 1. The lowest BCUT2D eigenvalue weighted by Crippen LogP contribution is -2.09. The van der Waals surface area contributed by atoms with Gasteiger partial charge in [0.05, 0.1) is 16.0 Å². The highest BCUT2D eigenvalue weighted by Crippen LogP contribution is 2.37. The van der Waals surface area contributed by atoms with Gasteiger partial charge < -0.3 is 9.47 Å². The Kier molecular flexibility index (Phi) is 2.77. The van der Waals surface area contributed by atoms with Gasteiger partial charge in [0.2, 0.25) is 6.79 Å². The number of aromatic nitrogens is 2. The zero-order chi connectivity index (χ0) is 16.0. The van der Waals surface area contributed by atoms with E-state index in [1.165, 1.54) is 12.1 Å². The quantitative estimate of drug-likeness (QED) is 0.574. The highest BCUT2D eigenvalue weighted by molar-refractivity contribution is 5.96. The predicted octanol–water partition coefficient (Wildman–Crippen LogP) is 2.23. The molecule has 0 bridgehead atoms. The van der Waals surface area contributed by atoms with Crippen molar-refractivity contribution in [3.8, 4) is 22.8 Å². The van der Waals surface area contributed by atoms with Gasteiger partial charge >= 0.3 is 0 Å².